The lowest BCUT2D eigenvalue weighted by atomic mass is 10.1. The van der Waals surface area contributed by atoms with Crippen LogP contribution in [0.1, 0.15) is 12.1 Å². The number of fused-ring (bicyclic) bond motifs is 1. The van der Waals surface area contributed by atoms with Gasteiger partial charge in [0.2, 0.25) is 5.91 Å². The molecule has 3 fully saturated rings. The second kappa shape index (κ2) is 9.13. The largest absolute Gasteiger partial charge is 0.433 e. The molecule has 2 atom stereocenters. The minimum absolute atomic E-state index is 0.146. The van der Waals surface area contributed by atoms with Gasteiger partial charge < -0.3 is 15.1 Å². The number of pyridine rings is 1. The number of halogens is 4. The number of carbonyl (C=O) groups excluding carboxylic acids is 1. The molecule has 0 saturated carbocycles. The van der Waals surface area contributed by atoms with Gasteiger partial charge in [-0.1, -0.05) is 23.7 Å². The van der Waals surface area contributed by atoms with Crippen molar-refractivity contribution >= 4 is 45.9 Å². The van der Waals surface area contributed by atoms with Crippen molar-refractivity contribution in [3.63, 3.8) is 0 Å². The predicted molar refractivity (Wildman–Crippen MR) is 125 cm³/mol. The van der Waals surface area contributed by atoms with Crippen LogP contribution in [0.5, 0.6) is 0 Å². The lowest BCUT2D eigenvalue weighted by molar-refractivity contribution is -0.141. The first-order chi connectivity index (χ1) is 15.8. The quantitative estimate of drug-likeness (QED) is 0.699. The van der Waals surface area contributed by atoms with Crippen molar-refractivity contribution in [2.75, 3.05) is 55.8 Å². The van der Waals surface area contributed by atoms with Crippen LogP contribution in [-0.2, 0) is 11.0 Å². The molecule has 0 unspecified atom stereocenters. The van der Waals surface area contributed by atoms with Crippen LogP contribution in [0.4, 0.5) is 18.9 Å². The number of thioether (sulfide) groups is 1. The molecule has 1 aromatic carbocycles. The Hall–Kier alpha value is -1.75. The van der Waals surface area contributed by atoms with Crippen LogP contribution in [0.25, 0.3) is 10.9 Å². The van der Waals surface area contributed by atoms with Gasteiger partial charge in [0.15, 0.2) is 0 Å². The molecule has 33 heavy (non-hydrogen) atoms. The van der Waals surface area contributed by atoms with Gasteiger partial charge in [0.1, 0.15) is 5.69 Å². The summed E-state index contributed by atoms with van der Waals surface area (Å²) >= 11 is 7.97. The highest BCUT2D eigenvalue weighted by Crippen LogP contribution is 2.37. The molecule has 1 N–H and O–H groups in total. The van der Waals surface area contributed by atoms with Gasteiger partial charge in [-0.2, -0.15) is 13.2 Å². The SMILES string of the molecule is O=C([C@@H]1C[C@H](N2CCN(c3cc(C(F)(F)F)nc4c(Cl)cccc34)CC2)CN1)N1CCSC1. The average Bonchev–Trinajstić information content (AvgIpc) is 3.51. The Morgan fingerprint density at radius 3 is 2.67 bits per heavy atom. The molecule has 0 bridgehead atoms. The molecule has 3 aliphatic rings. The molecule has 4 heterocycles. The first kappa shape index (κ1) is 23.0. The van der Waals surface area contributed by atoms with Crippen LogP contribution in [0, 0.1) is 0 Å². The summed E-state index contributed by atoms with van der Waals surface area (Å²) in [6, 6.07) is 6.31. The summed E-state index contributed by atoms with van der Waals surface area (Å²) in [5, 5.41) is 4.21. The van der Waals surface area contributed by atoms with Crippen LogP contribution in [0.15, 0.2) is 24.3 Å². The van der Waals surface area contributed by atoms with Gasteiger partial charge in [-0.05, 0) is 18.6 Å². The molecule has 2 aromatic rings. The summed E-state index contributed by atoms with van der Waals surface area (Å²) in [5.41, 5.74) is -0.242. The molecular formula is C22H25ClF3N5OS. The van der Waals surface area contributed by atoms with Crippen molar-refractivity contribution in [3.8, 4) is 0 Å². The summed E-state index contributed by atoms with van der Waals surface area (Å²) in [6.07, 6.45) is -3.78. The summed E-state index contributed by atoms with van der Waals surface area (Å²) < 4.78 is 40.5. The number of nitrogens with zero attached hydrogens (tertiary/aromatic N) is 4. The van der Waals surface area contributed by atoms with Crippen molar-refractivity contribution in [2.24, 2.45) is 0 Å². The molecule has 3 saturated heterocycles. The van der Waals surface area contributed by atoms with Crippen LogP contribution in [0.3, 0.4) is 0 Å². The standard InChI is InChI=1S/C22H25ClF3N5OS/c23-16-3-1-2-15-18(11-19(22(24,25)26)28-20(15)16)30-6-4-29(5-7-30)14-10-17(27-12-14)21(32)31-8-9-33-13-31/h1-3,11,14,17,27H,4-10,12-13H2/t14-,17-/m0/s1. The van der Waals surface area contributed by atoms with Gasteiger partial charge in [-0.3, -0.25) is 9.69 Å². The van der Waals surface area contributed by atoms with Crippen LogP contribution in [-0.4, -0.2) is 83.7 Å². The fourth-order valence-electron chi connectivity index (χ4n) is 4.92. The topological polar surface area (TPSA) is 51.7 Å². The maximum absolute atomic E-state index is 13.5. The molecule has 5 rings (SSSR count). The van der Waals surface area contributed by atoms with E-state index in [1.807, 2.05) is 9.80 Å². The Bertz CT molecular complexity index is 1040. The molecule has 11 heteroatoms. The van der Waals surface area contributed by atoms with E-state index in [9.17, 15) is 18.0 Å². The second-order valence-corrected chi connectivity index (χ2v) is 10.2. The second-order valence-electron chi connectivity index (χ2n) is 8.67. The van der Waals surface area contributed by atoms with Gasteiger partial charge >= 0.3 is 6.18 Å². The average molecular weight is 500 g/mol. The minimum atomic E-state index is -4.55. The van der Waals surface area contributed by atoms with E-state index in [2.05, 4.69) is 15.2 Å². The molecule has 0 aliphatic carbocycles. The monoisotopic (exact) mass is 499 g/mol. The number of benzene rings is 1. The molecule has 0 spiro atoms. The van der Waals surface area contributed by atoms with Crippen molar-refractivity contribution in [2.45, 2.75) is 24.7 Å². The summed E-state index contributed by atoms with van der Waals surface area (Å²) in [7, 11) is 0. The van der Waals surface area contributed by atoms with E-state index in [0.29, 0.717) is 24.2 Å². The van der Waals surface area contributed by atoms with Crippen molar-refractivity contribution in [1.29, 1.82) is 0 Å². The van der Waals surface area contributed by atoms with E-state index in [1.54, 1.807) is 30.0 Å². The first-order valence-corrected chi connectivity index (χ1v) is 12.6. The molecule has 1 aromatic heterocycles. The van der Waals surface area contributed by atoms with Crippen molar-refractivity contribution in [1.82, 2.24) is 20.1 Å². The Morgan fingerprint density at radius 2 is 1.97 bits per heavy atom. The Kier molecular flexibility index (Phi) is 6.37. The lowest BCUT2D eigenvalue weighted by Crippen LogP contribution is -2.51. The van der Waals surface area contributed by atoms with E-state index in [0.717, 1.165) is 50.3 Å². The van der Waals surface area contributed by atoms with Gasteiger partial charge in [0.25, 0.3) is 0 Å². The molecule has 0 radical (unpaired) electrons. The number of para-hydroxylation sites is 1. The number of hydrogen-bond acceptors (Lipinski definition) is 6. The van der Waals surface area contributed by atoms with Crippen LogP contribution < -0.4 is 10.2 Å². The van der Waals surface area contributed by atoms with E-state index in [-0.39, 0.29) is 28.5 Å². The number of alkyl halides is 3. The number of carbonyl (C=O) groups is 1. The van der Waals surface area contributed by atoms with Crippen molar-refractivity contribution < 1.29 is 18.0 Å². The highest BCUT2D eigenvalue weighted by atomic mass is 35.5. The summed E-state index contributed by atoms with van der Waals surface area (Å²) in [6.45, 7) is 4.21. The summed E-state index contributed by atoms with van der Waals surface area (Å²) in [4.78, 5) is 22.7. The highest BCUT2D eigenvalue weighted by Gasteiger charge is 2.38. The zero-order valence-electron chi connectivity index (χ0n) is 17.9. The zero-order valence-corrected chi connectivity index (χ0v) is 19.5. The lowest BCUT2D eigenvalue weighted by Gasteiger charge is -2.39. The summed E-state index contributed by atoms with van der Waals surface area (Å²) in [5.74, 6) is 1.94. The Balaban J connectivity index is 1.29. The number of aromatic nitrogens is 1. The van der Waals surface area contributed by atoms with E-state index >= 15 is 0 Å². The first-order valence-electron chi connectivity index (χ1n) is 11.1. The molecule has 1 amide bonds. The fraction of sp³-hybridized carbons (Fsp3) is 0.545. The number of amides is 1. The van der Waals surface area contributed by atoms with Gasteiger partial charge in [-0.15, -0.1) is 11.8 Å². The number of anilines is 1. The van der Waals surface area contributed by atoms with Gasteiger partial charge in [0.05, 0.1) is 22.5 Å². The molecule has 3 aliphatic heterocycles. The molecule has 6 nitrogen and oxygen atoms in total. The third-order valence-electron chi connectivity index (χ3n) is 6.70. The predicted octanol–water partition coefficient (Wildman–Crippen LogP) is 3.29. The number of nitrogens with one attached hydrogen (secondary N) is 1. The van der Waals surface area contributed by atoms with E-state index in [1.165, 1.54) is 0 Å². The van der Waals surface area contributed by atoms with E-state index in [4.69, 9.17) is 11.6 Å². The zero-order chi connectivity index (χ0) is 23.2. The van der Waals surface area contributed by atoms with Crippen LogP contribution in [0.2, 0.25) is 5.02 Å². The maximum atomic E-state index is 13.5. The van der Waals surface area contributed by atoms with Crippen molar-refractivity contribution in [3.05, 3.63) is 35.0 Å². The van der Waals surface area contributed by atoms with E-state index < -0.39 is 11.9 Å². The minimum Gasteiger partial charge on any atom is -0.368 e. The third-order valence-corrected chi connectivity index (χ3v) is 7.97. The smallest absolute Gasteiger partial charge is 0.368 e. The fourth-order valence-corrected chi connectivity index (χ4v) is 6.09. The van der Waals surface area contributed by atoms with Gasteiger partial charge in [-0.25, -0.2) is 4.98 Å². The molecule has 178 valence electrons. The number of piperazine rings is 1. The Morgan fingerprint density at radius 1 is 1.18 bits per heavy atom. The normalized spacial score (nSPS) is 24.7. The third kappa shape index (κ3) is 4.62. The number of rotatable bonds is 3. The van der Waals surface area contributed by atoms with Crippen LogP contribution >= 0.6 is 23.4 Å². The maximum Gasteiger partial charge on any atom is 0.433 e. The van der Waals surface area contributed by atoms with Gasteiger partial charge in [0, 0.05) is 62.1 Å². The molecular weight excluding hydrogens is 475 g/mol. The number of hydrogen-bond donors (Lipinski definition) is 1. The highest BCUT2D eigenvalue weighted by molar-refractivity contribution is 7.99. The Labute approximate surface area is 199 Å².